The van der Waals surface area contributed by atoms with Crippen LogP contribution in [-0.4, -0.2) is 57.7 Å². The van der Waals surface area contributed by atoms with Crippen molar-refractivity contribution in [2.75, 3.05) is 24.6 Å². The highest BCUT2D eigenvalue weighted by atomic mass is 32.2. The predicted octanol–water partition coefficient (Wildman–Crippen LogP) is 1.67. The van der Waals surface area contributed by atoms with Gasteiger partial charge in [0.15, 0.2) is 15.7 Å². The third-order valence-corrected chi connectivity index (χ3v) is 7.35. The van der Waals surface area contributed by atoms with Gasteiger partial charge in [0, 0.05) is 6.20 Å². The van der Waals surface area contributed by atoms with Gasteiger partial charge in [-0.1, -0.05) is 0 Å². The van der Waals surface area contributed by atoms with Gasteiger partial charge < -0.3 is 0 Å². The Kier molecular flexibility index (Phi) is 4.17. The number of nitrogens with zero attached hydrogens (tertiary/aromatic N) is 5. The minimum Gasteiger partial charge on any atom is -0.297 e. The highest BCUT2D eigenvalue weighted by Crippen LogP contribution is 2.31. The average molecular weight is 368 g/mol. The SMILES string of the molecule is Cc1nc(-c2cnc(CN3CCCC3)s2)n([C@@H]2CCS(=O)(=O)C2)n1. The van der Waals surface area contributed by atoms with Gasteiger partial charge in [0.2, 0.25) is 0 Å². The van der Waals surface area contributed by atoms with Crippen molar-refractivity contribution < 1.29 is 8.42 Å². The van der Waals surface area contributed by atoms with Crippen LogP contribution in [0.4, 0.5) is 0 Å². The smallest absolute Gasteiger partial charge is 0.170 e. The quantitative estimate of drug-likeness (QED) is 0.818. The van der Waals surface area contributed by atoms with Gasteiger partial charge in [0.05, 0.1) is 29.0 Å². The van der Waals surface area contributed by atoms with Crippen molar-refractivity contribution in [1.82, 2.24) is 24.6 Å². The fourth-order valence-electron chi connectivity index (χ4n) is 3.44. The van der Waals surface area contributed by atoms with Crippen molar-refractivity contribution in [2.45, 2.75) is 38.8 Å². The van der Waals surface area contributed by atoms with Gasteiger partial charge in [0.1, 0.15) is 10.8 Å². The van der Waals surface area contributed by atoms with Gasteiger partial charge in [-0.15, -0.1) is 11.3 Å². The first kappa shape index (κ1) is 16.2. The van der Waals surface area contributed by atoms with Crippen molar-refractivity contribution in [2.24, 2.45) is 0 Å². The third-order valence-electron chi connectivity index (χ3n) is 4.62. The van der Waals surface area contributed by atoms with E-state index in [-0.39, 0.29) is 17.5 Å². The fraction of sp³-hybridized carbons (Fsp3) is 0.667. The van der Waals surface area contributed by atoms with Crippen LogP contribution in [0, 0.1) is 6.92 Å². The lowest BCUT2D eigenvalue weighted by atomic mass is 10.2. The Morgan fingerprint density at radius 3 is 2.83 bits per heavy atom. The Bertz CT molecular complexity index is 836. The molecule has 1 atom stereocenters. The molecule has 0 spiro atoms. The Morgan fingerprint density at radius 1 is 1.33 bits per heavy atom. The predicted molar refractivity (Wildman–Crippen MR) is 92.7 cm³/mol. The van der Waals surface area contributed by atoms with Crippen LogP contribution in [0.15, 0.2) is 6.20 Å². The van der Waals surface area contributed by atoms with Crippen molar-refractivity contribution in [1.29, 1.82) is 0 Å². The van der Waals surface area contributed by atoms with E-state index in [1.807, 2.05) is 13.1 Å². The maximum absolute atomic E-state index is 11.8. The first-order valence-corrected chi connectivity index (χ1v) is 10.9. The average Bonchev–Trinajstić information content (AvgIpc) is 3.26. The number of aromatic nitrogens is 4. The summed E-state index contributed by atoms with van der Waals surface area (Å²) in [5.74, 6) is 1.81. The minimum atomic E-state index is -2.95. The fourth-order valence-corrected chi connectivity index (χ4v) is 6.07. The van der Waals surface area contributed by atoms with Crippen molar-refractivity contribution >= 4 is 21.2 Å². The number of likely N-dealkylation sites (tertiary alicyclic amines) is 1. The third kappa shape index (κ3) is 3.25. The monoisotopic (exact) mass is 367 g/mol. The number of aryl methyl sites for hydroxylation is 1. The molecular formula is C15H21N5O2S2. The summed E-state index contributed by atoms with van der Waals surface area (Å²) in [5.41, 5.74) is 0. The Labute approximate surface area is 145 Å². The molecule has 24 heavy (non-hydrogen) atoms. The van der Waals surface area contributed by atoms with Gasteiger partial charge in [0.25, 0.3) is 0 Å². The molecule has 0 bridgehead atoms. The van der Waals surface area contributed by atoms with E-state index >= 15 is 0 Å². The second-order valence-corrected chi connectivity index (χ2v) is 9.93. The maximum atomic E-state index is 11.8. The Balaban J connectivity index is 1.59. The molecule has 9 heteroatoms. The molecule has 0 radical (unpaired) electrons. The van der Waals surface area contributed by atoms with E-state index in [1.165, 1.54) is 12.8 Å². The standard InChI is InChI=1S/C15H21N5O2S2/c1-11-17-15(20(18-11)12-4-7-24(21,22)10-12)13-8-16-14(23-13)9-19-5-2-3-6-19/h8,12H,2-7,9-10H2,1H3/t12-/m1/s1. The summed E-state index contributed by atoms with van der Waals surface area (Å²) in [6, 6.07) is -0.115. The van der Waals surface area contributed by atoms with Crippen LogP contribution < -0.4 is 0 Å². The highest BCUT2D eigenvalue weighted by molar-refractivity contribution is 7.91. The summed E-state index contributed by atoms with van der Waals surface area (Å²) in [6.07, 6.45) is 4.99. The summed E-state index contributed by atoms with van der Waals surface area (Å²) in [4.78, 5) is 12.5. The van der Waals surface area contributed by atoms with Gasteiger partial charge >= 0.3 is 0 Å². The van der Waals surface area contributed by atoms with Gasteiger partial charge in [-0.25, -0.2) is 23.1 Å². The molecule has 130 valence electrons. The molecule has 0 aromatic carbocycles. The summed E-state index contributed by atoms with van der Waals surface area (Å²) >= 11 is 1.63. The second-order valence-electron chi connectivity index (χ2n) is 6.59. The number of hydrogen-bond donors (Lipinski definition) is 0. The van der Waals surface area contributed by atoms with Crippen LogP contribution in [0.1, 0.15) is 36.1 Å². The highest BCUT2D eigenvalue weighted by Gasteiger charge is 2.32. The first-order valence-electron chi connectivity index (χ1n) is 8.31. The van der Waals surface area contributed by atoms with Crippen LogP contribution >= 0.6 is 11.3 Å². The van der Waals surface area contributed by atoms with Crippen LogP contribution in [0.3, 0.4) is 0 Å². The largest absolute Gasteiger partial charge is 0.297 e. The number of thiazole rings is 1. The molecule has 2 aromatic rings. The van der Waals surface area contributed by atoms with Gasteiger partial charge in [-0.2, -0.15) is 5.10 Å². The van der Waals surface area contributed by atoms with Crippen LogP contribution in [0.5, 0.6) is 0 Å². The van der Waals surface area contributed by atoms with Crippen LogP contribution in [-0.2, 0) is 16.4 Å². The molecule has 2 aliphatic heterocycles. The topological polar surface area (TPSA) is 81.0 Å². The lowest BCUT2D eigenvalue weighted by Crippen LogP contribution is -2.17. The summed E-state index contributed by atoms with van der Waals surface area (Å²) in [7, 11) is -2.95. The molecule has 4 heterocycles. The van der Waals surface area contributed by atoms with E-state index in [9.17, 15) is 8.42 Å². The van der Waals surface area contributed by atoms with E-state index in [2.05, 4.69) is 20.0 Å². The Hall–Kier alpha value is -1.32. The maximum Gasteiger partial charge on any atom is 0.170 e. The van der Waals surface area contributed by atoms with Crippen LogP contribution in [0.25, 0.3) is 10.7 Å². The lowest BCUT2D eigenvalue weighted by Gasteiger charge is -2.11. The molecule has 0 amide bonds. The van der Waals surface area contributed by atoms with Gasteiger partial charge in [-0.05, 0) is 39.3 Å². The molecule has 2 aliphatic rings. The Morgan fingerprint density at radius 2 is 2.12 bits per heavy atom. The second kappa shape index (κ2) is 6.20. The number of sulfone groups is 1. The first-order chi connectivity index (χ1) is 11.5. The zero-order valence-corrected chi connectivity index (χ0v) is 15.3. The van der Waals surface area contributed by atoms with Crippen molar-refractivity contribution in [3.05, 3.63) is 17.0 Å². The van der Waals surface area contributed by atoms with Crippen molar-refractivity contribution in [3.8, 4) is 10.7 Å². The molecule has 2 aromatic heterocycles. The molecule has 4 rings (SSSR count). The molecule has 7 nitrogen and oxygen atoms in total. The molecule has 0 aliphatic carbocycles. The van der Waals surface area contributed by atoms with E-state index in [4.69, 9.17) is 0 Å². The van der Waals surface area contributed by atoms with E-state index in [1.54, 1.807) is 16.0 Å². The summed E-state index contributed by atoms with van der Waals surface area (Å²) < 4.78 is 25.4. The van der Waals surface area contributed by atoms with Crippen molar-refractivity contribution in [3.63, 3.8) is 0 Å². The molecule has 0 saturated carbocycles. The summed E-state index contributed by atoms with van der Waals surface area (Å²) in [6.45, 7) is 5.01. The van der Waals surface area contributed by atoms with E-state index < -0.39 is 9.84 Å². The molecule has 2 saturated heterocycles. The molecule has 0 unspecified atom stereocenters. The minimum absolute atomic E-state index is 0.115. The lowest BCUT2D eigenvalue weighted by molar-refractivity contribution is 0.331. The zero-order valence-electron chi connectivity index (χ0n) is 13.7. The molecule has 2 fully saturated rings. The van der Waals surface area contributed by atoms with E-state index in [0.717, 1.165) is 35.3 Å². The number of rotatable bonds is 4. The number of hydrogen-bond acceptors (Lipinski definition) is 7. The van der Waals surface area contributed by atoms with Gasteiger partial charge in [-0.3, -0.25) is 4.90 Å². The molecular weight excluding hydrogens is 346 g/mol. The van der Waals surface area contributed by atoms with E-state index in [0.29, 0.717) is 12.2 Å². The zero-order chi connectivity index (χ0) is 16.7. The normalized spacial score (nSPS) is 24.0. The molecule has 0 N–H and O–H groups in total. The summed E-state index contributed by atoms with van der Waals surface area (Å²) in [5, 5.41) is 5.54. The van der Waals surface area contributed by atoms with Crippen LogP contribution in [0.2, 0.25) is 0 Å².